The molecule has 2 aliphatic rings. The molecule has 0 aliphatic carbocycles. The molecule has 22 heavy (non-hydrogen) atoms. The Morgan fingerprint density at radius 1 is 0.955 bits per heavy atom. The molecule has 4 rings (SSSR count). The molecular weight excluding hydrogens is 276 g/mol. The van der Waals surface area contributed by atoms with Gasteiger partial charge >= 0.3 is 0 Å². The summed E-state index contributed by atoms with van der Waals surface area (Å²) in [6.45, 7) is 8.49. The third-order valence-electron chi connectivity index (χ3n) is 4.78. The van der Waals surface area contributed by atoms with E-state index in [4.69, 9.17) is 9.97 Å². The number of aromatic amines is 1. The molecule has 4 heterocycles. The fourth-order valence-corrected chi connectivity index (χ4v) is 3.43. The number of aryl methyl sites for hydroxylation is 1. The van der Waals surface area contributed by atoms with Gasteiger partial charge in [-0.2, -0.15) is 9.97 Å². The van der Waals surface area contributed by atoms with Gasteiger partial charge in [-0.3, -0.25) is 0 Å². The zero-order chi connectivity index (χ0) is 15.1. The van der Waals surface area contributed by atoms with Crippen molar-refractivity contribution in [3.63, 3.8) is 0 Å². The van der Waals surface area contributed by atoms with Crippen molar-refractivity contribution in [1.29, 1.82) is 0 Å². The van der Waals surface area contributed by atoms with Gasteiger partial charge in [-0.1, -0.05) is 0 Å². The summed E-state index contributed by atoms with van der Waals surface area (Å²) < 4.78 is 0. The zero-order valence-electron chi connectivity index (χ0n) is 13.5. The van der Waals surface area contributed by atoms with Gasteiger partial charge in [0, 0.05) is 45.0 Å². The van der Waals surface area contributed by atoms with Gasteiger partial charge in [-0.05, 0) is 32.9 Å². The van der Waals surface area contributed by atoms with Crippen molar-refractivity contribution in [3.8, 4) is 0 Å². The van der Waals surface area contributed by atoms with Crippen LogP contribution in [0.2, 0.25) is 0 Å². The SMILES string of the molecule is Cc1cc2c(N3CCN(C)CC3)nc(N3CCCC3)nc2[nH]1. The second-order valence-corrected chi connectivity index (χ2v) is 6.55. The number of anilines is 2. The maximum atomic E-state index is 4.95. The van der Waals surface area contributed by atoms with E-state index >= 15 is 0 Å². The lowest BCUT2D eigenvalue weighted by molar-refractivity contribution is 0.312. The number of hydrogen-bond donors (Lipinski definition) is 1. The monoisotopic (exact) mass is 300 g/mol. The van der Waals surface area contributed by atoms with Gasteiger partial charge in [0.05, 0.1) is 5.39 Å². The van der Waals surface area contributed by atoms with Gasteiger partial charge in [0.1, 0.15) is 11.5 Å². The predicted molar refractivity (Wildman–Crippen MR) is 89.8 cm³/mol. The topological polar surface area (TPSA) is 51.3 Å². The van der Waals surface area contributed by atoms with Crippen LogP contribution in [0.3, 0.4) is 0 Å². The minimum absolute atomic E-state index is 0.890. The van der Waals surface area contributed by atoms with Crippen LogP contribution >= 0.6 is 0 Å². The second kappa shape index (κ2) is 5.43. The van der Waals surface area contributed by atoms with Crippen molar-refractivity contribution in [2.24, 2.45) is 0 Å². The first-order valence-corrected chi connectivity index (χ1v) is 8.26. The Morgan fingerprint density at radius 3 is 2.41 bits per heavy atom. The van der Waals surface area contributed by atoms with E-state index in [1.807, 2.05) is 0 Å². The summed E-state index contributed by atoms with van der Waals surface area (Å²) in [7, 11) is 2.18. The quantitative estimate of drug-likeness (QED) is 0.913. The smallest absolute Gasteiger partial charge is 0.229 e. The van der Waals surface area contributed by atoms with E-state index in [9.17, 15) is 0 Å². The van der Waals surface area contributed by atoms with Crippen molar-refractivity contribution in [2.75, 3.05) is 56.1 Å². The molecule has 1 N–H and O–H groups in total. The second-order valence-electron chi connectivity index (χ2n) is 6.55. The number of fused-ring (bicyclic) bond motifs is 1. The summed E-state index contributed by atoms with van der Waals surface area (Å²) in [6.07, 6.45) is 2.49. The van der Waals surface area contributed by atoms with Gasteiger partial charge in [0.25, 0.3) is 0 Å². The van der Waals surface area contributed by atoms with E-state index in [0.29, 0.717) is 0 Å². The molecule has 0 unspecified atom stereocenters. The van der Waals surface area contributed by atoms with Crippen molar-refractivity contribution >= 4 is 22.8 Å². The molecule has 6 nitrogen and oxygen atoms in total. The number of aromatic nitrogens is 3. The molecule has 2 aliphatic heterocycles. The highest BCUT2D eigenvalue weighted by Gasteiger charge is 2.22. The summed E-state index contributed by atoms with van der Waals surface area (Å²) in [5.74, 6) is 1.99. The third kappa shape index (κ3) is 2.41. The molecule has 0 aromatic carbocycles. The van der Waals surface area contributed by atoms with Crippen LogP contribution in [0.25, 0.3) is 11.0 Å². The molecule has 0 radical (unpaired) electrons. The summed E-state index contributed by atoms with van der Waals surface area (Å²) in [4.78, 5) is 20.2. The number of H-pyrrole nitrogens is 1. The third-order valence-corrected chi connectivity index (χ3v) is 4.78. The number of nitrogens with one attached hydrogen (secondary N) is 1. The first-order chi connectivity index (χ1) is 10.7. The predicted octanol–water partition coefficient (Wildman–Crippen LogP) is 1.62. The van der Waals surface area contributed by atoms with Crippen LogP contribution in [0.15, 0.2) is 6.07 Å². The first kappa shape index (κ1) is 13.8. The van der Waals surface area contributed by atoms with E-state index in [0.717, 1.165) is 67.8 Å². The minimum atomic E-state index is 0.890. The molecule has 0 amide bonds. The van der Waals surface area contributed by atoms with Crippen LogP contribution in [0, 0.1) is 6.92 Å². The molecule has 118 valence electrons. The molecule has 0 spiro atoms. The Labute approximate surface area is 131 Å². The van der Waals surface area contributed by atoms with Crippen LogP contribution < -0.4 is 9.80 Å². The van der Waals surface area contributed by atoms with E-state index in [2.05, 4.69) is 39.7 Å². The van der Waals surface area contributed by atoms with E-state index < -0.39 is 0 Å². The van der Waals surface area contributed by atoms with Crippen molar-refractivity contribution in [3.05, 3.63) is 11.8 Å². The summed E-state index contributed by atoms with van der Waals surface area (Å²) >= 11 is 0. The number of likely N-dealkylation sites (N-methyl/N-ethyl adjacent to an activating group) is 1. The van der Waals surface area contributed by atoms with E-state index in [-0.39, 0.29) is 0 Å². The lowest BCUT2D eigenvalue weighted by Crippen LogP contribution is -2.45. The Hall–Kier alpha value is -1.82. The van der Waals surface area contributed by atoms with Gasteiger partial charge in [-0.25, -0.2) is 0 Å². The lowest BCUT2D eigenvalue weighted by Gasteiger charge is -2.33. The largest absolute Gasteiger partial charge is 0.353 e. The Kier molecular flexibility index (Phi) is 3.41. The summed E-state index contributed by atoms with van der Waals surface area (Å²) in [6, 6.07) is 2.18. The van der Waals surface area contributed by atoms with Crippen LogP contribution in [0.5, 0.6) is 0 Å². The minimum Gasteiger partial charge on any atom is -0.353 e. The van der Waals surface area contributed by atoms with Crippen molar-refractivity contribution in [2.45, 2.75) is 19.8 Å². The number of piperazine rings is 1. The van der Waals surface area contributed by atoms with Crippen LogP contribution in [0.1, 0.15) is 18.5 Å². The maximum Gasteiger partial charge on any atom is 0.229 e. The van der Waals surface area contributed by atoms with Gasteiger partial charge in [0.15, 0.2) is 0 Å². The number of rotatable bonds is 2. The lowest BCUT2D eigenvalue weighted by atomic mass is 10.2. The molecule has 6 heteroatoms. The highest BCUT2D eigenvalue weighted by molar-refractivity contribution is 5.89. The maximum absolute atomic E-state index is 4.95. The molecule has 2 aromatic heterocycles. The normalized spacial score (nSPS) is 20.3. The zero-order valence-corrected chi connectivity index (χ0v) is 13.5. The molecule has 0 saturated carbocycles. The van der Waals surface area contributed by atoms with Gasteiger partial charge in [0.2, 0.25) is 5.95 Å². The molecule has 2 aromatic rings. The standard InChI is InChI=1S/C16H24N6/c1-12-11-13-14(17-12)18-16(22-5-3-4-6-22)19-15(13)21-9-7-20(2)8-10-21/h11H,3-10H2,1-2H3,(H,17,18,19). The molecule has 0 atom stereocenters. The molecular formula is C16H24N6. The van der Waals surface area contributed by atoms with Gasteiger partial charge < -0.3 is 19.7 Å². The average molecular weight is 300 g/mol. The van der Waals surface area contributed by atoms with Crippen LogP contribution in [-0.4, -0.2) is 66.2 Å². The van der Waals surface area contributed by atoms with E-state index in [1.165, 1.54) is 12.8 Å². The Morgan fingerprint density at radius 2 is 1.68 bits per heavy atom. The molecule has 0 bridgehead atoms. The van der Waals surface area contributed by atoms with Crippen molar-refractivity contribution in [1.82, 2.24) is 19.9 Å². The summed E-state index contributed by atoms with van der Waals surface area (Å²) in [5.41, 5.74) is 2.13. The summed E-state index contributed by atoms with van der Waals surface area (Å²) in [5, 5.41) is 1.16. The van der Waals surface area contributed by atoms with Crippen molar-refractivity contribution < 1.29 is 0 Å². The van der Waals surface area contributed by atoms with Gasteiger partial charge in [-0.15, -0.1) is 0 Å². The molecule has 2 saturated heterocycles. The number of hydrogen-bond acceptors (Lipinski definition) is 5. The Balaban J connectivity index is 1.76. The Bertz CT molecular complexity index is 665. The van der Waals surface area contributed by atoms with Crippen LogP contribution in [-0.2, 0) is 0 Å². The van der Waals surface area contributed by atoms with Crippen LogP contribution in [0.4, 0.5) is 11.8 Å². The molecule has 2 fully saturated rings. The highest BCUT2D eigenvalue weighted by atomic mass is 15.3. The fourth-order valence-electron chi connectivity index (χ4n) is 3.43. The first-order valence-electron chi connectivity index (χ1n) is 8.26. The fraction of sp³-hybridized carbons (Fsp3) is 0.625. The van der Waals surface area contributed by atoms with E-state index in [1.54, 1.807) is 0 Å². The average Bonchev–Trinajstić information content (AvgIpc) is 3.15. The number of nitrogens with zero attached hydrogens (tertiary/aromatic N) is 5. The highest BCUT2D eigenvalue weighted by Crippen LogP contribution is 2.29.